The molecule has 0 saturated heterocycles. The summed E-state index contributed by atoms with van der Waals surface area (Å²) in [5.41, 5.74) is 3.24. The van der Waals surface area contributed by atoms with Crippen molar-refractivity contribution in [2.45, 2.75) is 25.4 Å². The summed E-state index contributed by atoms with van der Waals surface area (Å²) in [5, 5.41) is 9.80. The Morgan fingerprint density at radius 2 is 1.92 bits per heavy atom. The van der Waals surface area contributed by atoms with E-state index < -0.39 is 0 Å². The fourth-order valence-corrected chi connectivity index (χ4v) is 3.20. The Hall–Kier alpha value is -2.62. The van der Waals surface area contributed by atoms with Crippen molar-refractivity contribution in [2.75, 3.05) is 14.2 Å². The van der Waals surface area contributed by atoms with Crippen LogP contribution in [0.15, 0.2) is 43.0 Å². The summed E-state index contributed by atoms with van der Waals surface area (Å²) in [6.07, 6.45) is 2.51. The molecule has 2 unspecified atom stereocenters. The van der Waals surface area contributed by atoms with Crippen LogP contribution in [0.4, 0.5) is 0 Å². The van der Waals surface area contributed by atoms with Crippen LogP contribution in [0.5, 0.6) is 23.0 Å². The van der Waals surface area contributed by atoms with Gasteiger partial charge in [0.2, 0.25) is 0 Å². The van der Waals surface area contributed by atoms with Crippen LogP contribution in [0.1, 0.15) is 35.6 Å². The first kappa shape index (κ1) is 16.2. The normalized spacial score (nSPS) is 18.6. The fourth-order valence-electron chi connectivity index (χ4n) is 3.20. The molecule has 0 spiro atoms. The van der Waals surface area contributed by atoms with E-state index in [0.29, 0.717) is 5.75 Å². The Morgan fingerprint density at radius 1 is 1.17 bits per heavy atom. The van der Waals surface area contributed by atoms with Crippen LogP contribution in [0.25, 0.3) is 0 Å². The monoisotopic (exact) mass is 326 g/mol. The summed E-state index contributed by atoms with van der Waals surface area (Å²) in [5.74, 6) is 2.25. The SMILES string of the molecule is C=CCc1cc(OC)c2c(c1)C(C)C(c1ccc(O)c(OC)c1)O2. The largest absolute Gasteiger partial charge is 0.504 e. The molecular formula is C20H22O4. The predicted octanol–water partition coefficient (Wildman–Crippen LogP) is 4.38. The second-order valence-corrected chi connectivity index (χ2v) is 5.97. The van der Waals surface area contributed by atoms with Crippen LogP contribution in [0, 0.1) is 0 Å². The predicted molar refractivity (Wildman–Crippen MR) is 93.3 cm³/mol. The number of phenolic OH excluding ortho intramolecular Hbond substituents is 1. The van der Waals surface area contributed by atoms with Crippen molar-refractivity contribution >= 4 is 0 Å². The van der Waals surface area contributed by atoms with Gasteiger partial charge in [0.15, 0.2) is 23.0 Å². The second kappa shape index (κ2) is 6.48. The average molecular weight is 326 g/mol. The van der Waals surface area contributed by atoms with E-state index in [4.69, 9.17) is 14.2 Å². The molecule has 126 valence electrons. The van der Waals surface area contributed by atoms with E-state index in [1.807, 2.05) is 24.3 Å². The van der Waals surface area contributed by atoms with Gasteiger partial charge in [-0.15, -0.1) is 6.58 Å². The molecular weight excluding hydrogens is 304 g/mol. The van der Waals surface area contributed by atoms with Gasteiger partial charge in [0.05, 0.1) is 14.2 Å². The quantitative estimate of drug-likeness (QED) is 0.829. The molecule has 4 heteroatoms. The van der Waals surface area contributed by atoms with Gasteiger partial charge >= 0.3 is 0 Å². The molecule has 1 heterocycles. The first-order valence-electron chi connectivity index (χ1n) is 7.94. The lowest BCUT2D eigenvalue weighted by molar-refractivity contribution is 0.207. The number of benzene rings is 2. The third kappa shape index (κ3) is 2.68. The second-order valence-electron chi connectivity index (χ2n) is 5.97. The molecule has 1 N–H and O–H groups in total. The smallest absolute Gasteiger partial charge is 0.165 e. The Labute approximate surface area is 142 Å². The Morgan fingerprint density at radius 3 is 2.58 bits per heavy atom. The van der Waals surface area contributed by atoms with Crippen molar-refractivity contribution in [1.82, 2.24) is 0 Å². The van der Waals surface area contributed by atoms with Crippen LogP contribution in [0.3, 0.4) is 0 Å². The molecule has 2 aromatic carbocycles. The van der Waals surface area contributed by atoms with Gasteiger partial charge in [0, 0.05) is 11.5 Å². The highest BCUT2D eigenvalue weighted by Crippen LogP contribution is 2.51. The topological polar surface area (TPSA) is 47.9 Å². The molecule has 1 aliphatic heterocycles. The zero-order valence-corrected chi connectivity index (χ0v) is 14.2. The zero-order chi connectivity index (χ0) is 17.3. The van der Waals surface area contributed by atoms with Gasteiger partial charge in [-0.25, -0.2) is 0 Å². The molecule has 0 amide bonds. The highest BCUT2D eigenvalue weighted by molar-refractivity contribution is 5.55. The Bertz CT molecular complexity index is 766. The molecule has 24 heavy (non-hydrogen) atoms. The van der Waals surface area contributed by atoms with E-state index in [1.165, 1.54) is 7.11 Å². The van der Waals surface area contributed by atoms with Gasteiger partial charge in [-0.1, -0.05) is 25.1 Å². The Balaban J connectivity index is 2.01. The summed E-state index contributed by atoms with van der Waals surface area (Å²) in [6, 6.07) is 9.46. The van der Waals surface area contributed by atoms with Crippen molar-refractivity contribution in [3.8, 4) is 23.0 Å². The van der Waals surface area contributed by atoms with Gasteiger partial charge in [-0.2, -0.15) is 0 Å². The summed E-state index contributed by atoms with van der Waals surface area (Å²) in [6.45, 7) is 5.94. The third-order valence-corrected chi connectivity index (χ3v) is 4.47. The minimum atomic E-state index is -0.151. The number of allylic oxidation sites excluding steroid dienone is 1. The molecule has 0 saturated carbocycles. The van der Waals surface area contributed by atoms with Crippen molar-refractivity contribution in [3.05, 3.63) is 59.7 Å². The fraction of sp³-hybridized carbons (Fsp3) is 0.300. The minimum Gasteiger partial charge on any atom is -0.504 e. The molecule has 0 radical (unpaired) electrons. The van der Waals surface area contributed by atoms with Crippen LogP contribution < -0.4 is 14.2 Å². The van der Waals surface area contributed by atoms with Crippen LogP contribution in [0.2, 0.25) is 0 Å². The number of ether oxygens (including phenoxy) is 3. The summed E-state index contributed by atoms with van der Waals surface area (Å²) < 4.78 is 16.9. The van der Waals surface area contributed by atoms with E-state index in [1.54, 1.807) is 13.2 Å². The van der Waals surface area contributed by atoms with E-state index in [0.717, 1.165) is 34.6 Å². The molecule has 0 bridgehead atoms. The maximum absolute atomic E-state index is 9.80. The number of hydrogen-bond donors (Lipinski definition) is 1. The van der Waals surface area contributed by atoms with Gasteiger partial charge < -0.3 is 19.3 Å². The number of rotatable bonds is 5. The van der Waals surface area contributed by atoms with Crippen LogP contribution >= 0.6 is 0 Å². The van der Waals surface area contributed by atoms with E-state index >= 15 is 0 Å². The van der Waals surface area contributed by atoms with Crippen molar-refractivity contribution in [3.63, 3.8) is 0 Å². The minimum absolute atomic E-state index is 0.121. The summed E-state index contributed by atoms with van der Waals surface area (Å²) in [4.78, 5) is 0. The molecule has 0 fully saturated rings. The van der Waals surface area contributed by atoms with Crippen LogP contribution in [-0.2, 0) is 6.42 Å². The standard InChI is InChI=1S/C20H22O4/c1-5-6-13-9-15-12(2)19(24-20(15)18(10-13)23-4)14-7-8-16(21)17(11-14)22-3/h5,7-12,19,21H,1,6H2,2-4H3. The van der Waals surface area contributed by atoms with Gasteiger partial charge in [-0.3, -0.25) is 0 Å². The number of methoxy groups -OCH3 is 2. The lowest BCUT2D eigenvalue weighted by Gasteiger charge is -2.17. The van der Waals surface area contributed by atoms with Crippen molar-refractivity contribution in [1.29, 1.82) is 0 Å². The Kier molecular flexibility index (Phi) is 4.38. The summed E-state index contributed by atoms with van der Waals surface area (Å²) >= 11 is 0. The van der Waals surface area contributed by atoms with Crippen molar-refractivity contribution < 1.29 is 19.3 Å². The maximum Gasteiger partial charge on any atom is 0.165 e. The molecule has 0 aliphatic carbocycles. The highest BCUT2D eigenvalue weighted by Gasteiger charge is 2.35. The van der Waals surface area contributed by atoms with E-state index in [-0.39, 0.29) is 17.8 Å². The molecule has 1 aliphatic rings. The first-order chi connectivity index (χ1) is 11.6. The molecule has 3 rings (SSSR count). The van der Waals surface area contributed by atoms with E-state index in [2.05, 4.69) is 19.6 Å². The lowest BCUT2D eigenvalue weighted by atomic mass is 9.91. The highest BCUT2D eigenvalue weighted by atomic mass is 16.5. The third-order valence-electron chi connectivity index (χ3n) is 4.47. The lowest BCUT2D eigenvalue weighted by Crippen LogP contribution is -2.07. The van der Waals surface area contributed by atoms with Crippen LogP contribution in [-0.4, -0.2) is 19.3 Å². The number of fused-ring (bicyclic) bond motifs is 1. The molecule has 0 aromatic heterocycles. The molecule has 2 atom stereocenters. The molecule has 2 aromatic rings. The zero-order valence-electron chi connectivity index (χ0n) is 14.2. The van der Waals surface area contributed by atoms with Gasteiger partial charge in [0.25, 0.3) is 0 Å². The van der Waals surface area contributed by atoms with Gasteiger partial charge in [0.1, 0.15) is 6.10 Å². The summed E-state index contributed by atoms with van der Waals surface area (Å²) in [7, 11) is 3.19. The van der Waals surface area contributed by atoms with Crippen molar-refractivity contribution in [2.24, 2.45) is 0 Å². The molecule has 4 nitrogen and oxygen atoms in total. The first-order valence-corrected chi connectivity index (χ1v) is 7.94. The number of aromatic hydroxyl groups is 1. The number of hydrogen-bond acceptors (Lipinski definition) is 4. The van der Waals surface area contributed by atoms with Gasteiger partial charge in [-0.05, 0) is 35.7 Å². The number of phenols is 1. The van der Waals surface area contributed by atoms with E-state index in [9.17, 15) is 5.11 Å². The average Bonchev–Trinajstić information content (AvgIpc) is 2.92. The maximum atomic E-state index is 9.80.